The summed E-state index contributed by atoms with van der Waals surface area (Å²) >= 11 is 0. The van der Waals surface area contributed by atoms with Crippen molar-refractivity contribution in [1.82, 2.24) is 0 Å². The van der Waals surface area contributed by atoms with Gasteiger partial charge in [0.1, 0.15) is 4.91 Å². The van der Waals surface area contributed by atoms with Crippen molar-refractivity contribution in [2.24, 2.45) is 0 Å². The Hall–Kier alpha value is -2.25. The molecule has 1 N–H and O–H groups in total. The second-order valence-corrected chi connectivity index (χ2v) is 10.5. The highest BCUT2D eigenvalue weighted by molar-refractivity contribution is 7.96. The molecule has 32 heavy (non-hydrogen) atoms. The minimum absolute atomic E-state index is 0.0308. The monoisotopic (exact) mass is 462 g/mol. The summed E-state index contributed by atoms with van der Waals surface area (Å²) in [5.74, 6) is -1.32. The third kappa shape index (κ3) is 6.87. The summed E-state index contributed by atoms with van der Waals surface area (Å²) in [5.41, 5.74) is -1.03. The number of aliphatic hydroxyl groups is 1. The van der Waals surface area contributed by atoms with E-state index in [1.165, 1.54) is 25.1 Å². The normalized spacial score (nSPS) is 19.8. The van der Waals surface area contributed by atoms with Crippen LogP contribution in [0, 0.1) is 0 Å². The van der Waals surface area contributed by atoms with Crippen LogP contribution in [0.2, 0.25) is 0 Å². The van der Waals surface area contributed by atoms with Gasteiger partial charge < -0.3 is 9.84 Å². The Morgan fingerprint density at radius 2 is 1.66 bits per heavy atom. The Morgan fingerprint density at radius 1 is 1.06 bits per heavy atom. The lowest BCUT2D eigenvalue weighted by Gasteiger charge is -2.32. The molecule has 6 nitrogen and oxygen atoms in total. The molecule has 176 valence electrons. The van der Waals surface area contributed by atoms with Crippen LogP contribution >= 0.6 is 0 Å². The maximum absolute atomic E-state index is 13.4. The number of sulfone groups is 1. The van der Waals surface area contributed by atoms with Crippen molar-refractivity contribution in [3.8, 4) is 0 Å². The molecule has 2 atom stereocenters. The smallest absolute Gasteiger partial charge is 0.303 e. The molecule has 0 spiro atoms. The van der Waals surface area contributed by atoms with Gasteiger partial charge in [-0.25, -0.2) is 8.42 Å². The predicted molar refractivity (Wildman–Crippen MR) is 124 cm³/mol. The van der Waals surface area contributed by atoms with Crippen molar-refractivity contribution >= 4 is 21.6 Å². The number of carbonyl (C=O) groups is 2. The fourth-order valence-corrected chi connectivity index (χ4v) is 5.51. The van der Waals surface area contributed by atoms with Crippen LogP contribution in [0.5, 0.6) is 0 Å². The fraction of sp³-hybridized carbons (Fsp3) is 0.520. The predicted octanol–water partition coefficient (Wildman–Crippen LogP) is 4.68. The molecule has 1 aliphatic rings. The fourth-order valence-electron chi connectivity index (χ4n) is 3.99. The summed E-state index contributed by atoms with van der Waals surface area (Å²) in [6, 6.07) is 7.80. The maximum atomic E-state index is 13.4. The zero-order valence-corrected chi connectivity index (χ0v) is 20.0. The van der Waals surface area contributed by atoms with Crippen LogP contribution in [-0.2, 0) is 24.2 Å². The van der Waals surface area contributed by atoms with Crippen LogP contribution in [0.3, 0.4) is 0 Å². The summed E-state index contributed by atoms with van der Waals surface area (Å²) in [5, 5.41) is 9.31. The second kappa shape index (κ2) is 11.6. The van der Waals surface area contributed by atoms with Gasteiger partial charge in [-0.3, -0.25) is 9.59 Å². The number of hydrogen-bond donors (Lipinski definition) is 1. The number of benzene rings is 1. The number of carbonyl (C=O) groups excluding carboxylic acids is 2. The molecule has 7 heteroatoms. The maximum Gasteiger partial charge on any atom is 0.303 e. The first-order valence-corrected chi connectivity index (χ1v) is 12.7. The number of unbranched alkanes of at least 4 members (excludes halogenated alkanes) is 5. The number of Topliss-reactive ketones (excluding diaryl/α,β-unsaturated/α-hetero) is 1. The molecule has 0 saturated heterocycles. The Morgan fingerprint density at radius 3 is 2.25 bits per heavy atom. The molecule has 0 fully saturated rings. The number of esters is 1. The average Bonchev–Trinajstić information content (AvgIpc) is 2.72. The molecule has 0 amide bonds. The molecule has 2 rings (SSSR count). The minimum Gasteiger partial charge on any atom is -0.446 e. The van der Waals surface area contributed by atoms with Gasteiger partial charge in [-0.2, -0.15) is 0 Å². The van der Waals surface area contributed by atoms with Gasteiger partial charge in [0.05, 0.1) is 11.0 Å². The highest BCUT2D eigenvalue weighted by Gasteiger charge is 2.46. The van der Waals surface area contributed by atoms with E-state index in [1.54, 1.807) is 38.1 Å². The number of rotatable bonds is 12. The quantitative estimate of drug-likeness (QED) is 0.358. The first kappa shape index (κ1) is 26.0. The average molecular weight is 463 g/mol. The van der Waals surface area contributed by atoms with Crippen LogP contribution in [0.25, 0.3) is 0 Å². The Balaban J connectivity index is 2.14. The zero-order valence-electron chi connectivity index (χ0n) is 19.2. The molecule has 0 aliphatic heterocycles. The van der Waals surface area contributed by atoms with Crippen molar-refractivity contribution in [2.75, 3.05) is 0 Å². The third-order valence-electron chi connectivity index (χ3n) is 5.52. The molecule has 1 aliphatic carbocycles. The second-order valence-electron chi connectivity index (χ2n) is 8.53. The minimum atomic E-state index is -4.04. The van der Waals surface area contributed by atoms with E-state index in [9.17, 15) is 23.1 Å². The largest absolute Gasteiger partial charge is 0.446 e. The summed E-state index contributed by atoms with van der Waals surface area (Å²) in [6.45, 7) is 4.71. The summed E-state index contributed by atoms with van der Waals surface area (Å²) in [4.78, 5) is 25.0. The van der Waals surface area contributed by atoms with E-state index in [4.69, 9.17) is 4.74 Å². The molecule has 0 heterocycles. The van der Waals surface area contributed by atoms with Crippen molar-refractivity contribution in [2.45, 2.75) is 88.7 Å². The summed E-state index contributed by atoms with van der Waals surface area (Å²) in [6.07, 6.45) is 9.11. The highest BCUT2D eigenvalue weighted by Crippen LogP contribution is 2.36. The van der Waals surface area contributed by atoms with E-state index < -0.39 is 27.2 Å². The van der Waals surface area contributed by atoms with Crippen molar-refractivity contribution in [3.05, 3.63) is 53.0 Å². The van der Waals surface area contributed by atoms with E-state index in [1.807, 2.05) is 0 Å². The van der Waals surface area contributed by atoms with Gasteiger partial charge in [-0.1, -0.05) is 50.3 Å². The number of hydrogen-bond acceptors (Lipinski definition) is 6. The van der Waals surface area contributed by atoms with E-state index in [-0.39, 0.29) is 22.3 Å². The van der Waals surface area contributed by atoms with Crippen LogP contribution < -0.4 is 0 Å². The van der Waals surface area contributed by atoms with E-state index in [0.29, 0.717) is 12.0 Å². The van der Waals surface area contributed by atoms with Gasteiger partial charge in [0.25, 0.3) is 0 Å². The van der Waals surface area contributed by atoms with Crippen LogP contribution in [0.4, 0.5) is 0 Å². The highest BCUT2D eigenvalue weighted by atomic mass is 32.2. The summed E-state index contributed by atoms with van der Waals surface area (Å²) < 4.78 is 31.8. The zero-order chi connectivity index (χ0) is 23.8. The Labute approximate surface area is 191 Å². The Kier molecular flexibility index (Phi) is 9.40. The van der Waals surface area contributed by atoms with Crippen molar-refractivity contribution in [3.63, 3.8) is 0 Å². The number of ketones is 1. The van der Waals surface area contributed by atoms with Crippen molar-refractivity contribution in [1.29, 1.82) is 0 Å². The van der Waals surface area contributed by atoms with Crippen LogP contribution in [0.1, 0.15) is 72.1 Å². The lowest BCUT2D eigenvalue weighted by Crippen LogP contribution is -2.45. The lowest BCUT2D eigenvalue weighted by atomic mass is 9.85. The van der Waals surface area contributed by atoms with Crippen LogP contribution in [-0.4, -0.2) is 37.0 Å². The van der Waals surface area contributed by atoms with Gasteiger partial charge in [0.2, 0.25) is 15.6 Å². The van der Waals surface area contributed by atoms with Crippen molar-refractivity contribution < 1.29 is 27.9 Å². The first-order valence-electron chi connectivity index (χ1n) is 11.2. The van der Waals surface area contributed by atoms with Gasteiger partial charge in [0, 0.05) is 6.92 Å². The Bertz CT molecular complexity index is 959. The van der Waals surface area contributed by atoms with Gasteiger partial charge >= 0.3 is 5.97 Å². The van der Waals surface area contributed by atoms with Crippen LogP contribution in [0.15, 0.2) is 57.9 Å². The molecule has 2 unspecified atom stereocenters. The van der Waals surface area contributed by atoms with E-state index in [0.717, 1.165) is 38.5 Å². The van der Waals surface area contributed by atoms with E-state index >= 15 is 0 Å². The first-order chi connectivity index (χ1) is 15.1. The topological polar surface area (TPSA) is 97.7 Å². The van der Waals surface area contributed by atoms with Gasteiger partial charge in [-0.15, -0.1) is 0 Å². The molecular weight excluding hydrogens is 428 g/mol. The molecule has 0 aromatic heterocycles. The number of allylic oxidation sites excluding steroid dienone is 2. The molecular formula is C25H34O6S. The summed E-state index contributed by atoms with van der Waals surface area (Å²) in [7, 11) is -4.04. The van der Waals surface area contributed by atoms with Gasteiger partial charge in [-0.05, 0) is 63.0 Å². The molecule has 1 aromatic rings. The SMILES string of the molecule is CC(=O)OC1(CCCCCCCCC(C)O)C=C(C)C=C(S(=O)(=O)c2ccccc2)C1=O. The standard InChI is InChI=1S/C25H34O6S/c1-19-17-23(32(29,30)22-14-10-8-11-15-22)24(28)25(18-19,31-21(3)27)16-12-7-5-4-6-9-13-20(2)26/h8,10-11,14-15,17-18,20,26H,4-7,9,12-13,16H2,1-3H3. The van der Waals surface area contributed by atoms with E-state index in [2.05, 4.69) is 0 Å². The molecule has 1 aromatic carbocycles. The molecule has 0 bridgehead atoms. The number of ether oxygens (including phenoxy) is 1. The third-order valence-corrected chi connectivity index (χ3v) is 7.29. The molecule has 0 saturated carbocycles. The lowest BCUT2D eigenvalue weighted by molar-refractivity contribution is -0.159. The number of aliphatic hydroxyl groups excluding tert-OH is 1. The molecule has 0 radical (unpaired) electrons. The van der Waals surface area contributed by atoms with Gasteiger partial charge in [0.15, 0.2) is 5.60 Å².